The normalized spacial score (nSPS) is 18.6. The maximum absolute atomic E-state index is 13.6. The number of ether oxygens (including phenoxy) is 1. The van der Waals surface area contributed by atoms with E-state index in [4.69, 9.17) is 9.73 Å². The number of hydrogen-bond donors (Lipinski definition) is 1. The van der Waals surface area contributed by atoms with Crippen LogP contribution in [0.2, 0.25) is 0 Å². The van der Waals surface area contributed by atoms with Gasteiger partial charge in [-0.2, -0.15) is 0 Å². The minimum Gasteiger partial charge on any atom is -0.497 e. The van der Waals surface area contributed by atoms with Crippen LogP contribution in [-0.4, -0.2) is 42.1 Å². The number of carbonyl (C=O) groups is 2. The van der Waals surface area contributed by atoms with Crippen molar-refractivity contribution in [3.63, 3.8) is 0 Å². The van der Waals surface area contributed by atoms with E-state index in [1.54, 1.807) is 23.8 Å². The molecule has 1 fully saturated rings. The predicted molar refractivity (Wildman–Crippen MR) is 141 cm³/mol. The number of amidine groups is 1. The molecule has 0 saturated carbocycles. The Kier molecular flexibility index (Phi) is 7.53. The Hall–Kier alpha value is -2.91. The van der Waals surface area contributed by atoms with Gasteiger partial charge in [-0.15, -0.1) is 0 Å². The largest absolute Gasteiger partial charge is 0.497 e. The number of fused-ring (bicyclic) bond motifs is 1. The lowest BCUT2D eigenvalue weighted by molar-refractivity contribution is -0.122. The SMILES string of the molecule is CCCCN1C(=O)/C(=C2/Sc3ccc(OC)cc3N2CC)SC1=Nc1ccc(NC(C)=O)cc1. The number of amides is 2. The Labute approximate surface area is 208 Å². The Bertz CT molecular complexity index is 1160. The van der Waals surface area contributed by atoms with E-state index in [1.807, 2.05) is 42.5 Å². The van der Waals surface area contributed by atoms with E-state index in [0.717, 1.165) is 46.4 Å². The van der Waals surface area contributed by atoms with Gasteiger partial charge in [-0.1, -0.05) is 25.1 Å². The number of thioether (sulfide) groups is 2. The molecule has 7 nitrogen and oxygen atoms in total. The van der Waals surface area contributed by atoms with Crippen LogP contribution in [0.4, 0.5) is 17.1 Å². The third kappa shape index (κ3) is 4.95. The summed E-state index contributed by atoms with van der Waals surface area (Å²) in [5.41, 5.74) is 2.50. The summed E-state index contributed by atoms with van der Waals surface area (Å²) in [6.45, 7) is 7.04. The molecule has 0 aromatic heterocycles. The van der Waals surface area contributed by atoms with Gasteiger partial charge in [-0.25, -0.2) is 4.99 Å². The first kappa shape index (κ1) is 24.2. The van der Waals surface area contributed by atoms with E-state index >= 15 is 0 Å². The maximum Gasteiger partial charge on any atom is 0.269 e. The van der Waals surface area contributed by atoms with Gasteiger partial charge in [0.15, 0.2) is 5.17 Å². The monoisotopic (exact) mass is 496 g/mol. The molecule has 0 bridgehead atoms. The summed E-state index contributed by atoms with van der Waals surface area (Å²) in [5.74, 6) is 0.669. The third-order valence-corrected chi connectivity index (χ3v) is 7.81. The van der Waals surface area contributed by atoms with Crippen molar-refractivity contribution in [2.75, 3.05) is 30.4 Å². The molecule has 9 heteroatoms. The van der Waals surface area contributed by atoms with Crippen LogP contribution < -0.4 is 15.0 Å². The van der Waals surface area contributed by atoms with Crippen molar-refractivity contribution in [2.24, 2.45) is 4.99 Å². The molecule has 2 aromatic rings. The molecule has 0 radical (unpaired) electrons. The second-order valence-corrected chi connectivity index (χ2v) is 9.86. The van der Waals surface area contributed by atoms with E-state index in [1.165, 1.54) is 18.7 Å². The highest BCUT2D eigenvalue weighted by atomic mass is 32.2. The summed E-state index contributed by atoms with van der Waals surface area (Å²) in [4.78, 5) is 35.4. The molecule has 34 heavy (non-hydrogen) atoms. The summed E-state index contributed by atoms with van der Waals surface area (Å²) >= 11 is 3.04. The number of methoxy groups -OCH3 is 1. The molecule has 2 aliphatic heterocycles. The zero-order chi connectivity index (χ0) is 24.2. The van der Waals surface area contributed by atoms with Crippen LogP contribution in [0.5, 0.6) is 5.75 Å². The van der Waals surface area contributed by atoms with Gasteiger partial charge < -0.3 is 15.0 Å². The number of nitrogens with zero attached hydrogens (tertiary/aromatic N) is 3. The lowest BCUT2D eigenvalue weighted by Gasteiger charge is -2.19. The molecular weight excluding hydrogens is 468 g/mol. The first-order chi connectivity index (χ1) is 16.4. The first-order valence-electron chi connectivity index (χ1n) is 11.3. The topological polar surface area (TPSA) is 74.2 Å². The van der Waals surface area contributed by atoms with Crippen molar-refractivity contribution in [3.8, 4) is 5.75 Å². The minimum atomic E-state index is -0.119. The fourth-order valence-corrected chi connectivity index (χ4v) is 6.14. The lowest BCUT2D eigenvalue weighted by Crippen LogP contribution is -2.30. The van der Waals surface area contributed by atoms with Crippen LogP contribution in [0.15, 0.2) is 62.3 Å². The molecule has 2 amide bonds. The maximum atomic E-state index is 13.6. The van der Waals surface area contributed by atoms with Crippen LogP contribution in [0.3, 0.4) is 0 Å². The Morgan fingerprint density at radius 2 is 1.85 bits per heavy atom. The third-order valence-electron chi connectivity index (χ3n) is 5.43. The van der Waals surface area contributed by atoms with E-state index in [0.29, 0.717) is 22.3 Å². The summed E-state index contributed by atoms with van der Waals surface area (Å²) in [7, 11) is 1.66. The molecule has 2 heterocycles. The first-order valence-corrected chi connectivity index (χ1v) is 12.9. The van der Waals surface area contributed by atoms with Crippen LogP contribution in [0.1, 0.15) is 33.6 Å². The van der Waals surface area contributed by atoms with E-state index in [-0.39, 0.29) is 11.8 Å². The van der Waals surface area contributed by atoms with Gasteiger partial charge in [0.05, 0.1) is 18.5 Å². The number of nitrogens with one attached hydrogen (secondary N) is 1. The average Bonchev–Trinajstić information content (AvgIpc) is 3.34. The zero-order valence-corrected chi connectivity index (χ0v) is 21.4. The number of carbonyl (C=O) groups excluding carboxylic acids is 2. The smallest absolute Gasteiger partial charge is 0.269 e. The fourth-order valence-electron chi connectivity index (χ4n) is 3.74. The van der Waals surface area contributed by atoms with Gasteiger partial charge >= 0.3 is 0 Å². The highest BCUT2D eigenvalue weighted by Crippen LogP contribution is 2.51. The number of benzene rings is 2. The fraction of sp³-hybridized carbons (Fsp3) is 0.320. The van der Waals surface area contributed by atoms with Crippen LogP contribution in [-0.2, 0) is 9.59 Å². The lowest BCUT2D eigenvalue weighted by atomic mass is 10.2. The van der Waals surface area contributed by atoms with Crippen molar-refractivity contribution >= 4 is 57.6 Å². The standard InChI is InChI=1S/C25H28N4O3S2/c1-5-7-14-29-23(31)22(24-28(6-2)20-15-19(32-4)12-13-21(20)33-24)34-25(29)27-18-10-8-17(9-11-18)26-16(3)30/h8-13,15H,5-7,14H2,1-4H3,(H,26,30)/b24-22-,27-25?. The van der Waals surface area contributed by atoms with Crippen LogP contribution >= 0.6 is 23.5 Å². The van der Waals surface area contributed by atoms with Crippen LogP contribution in [0.25, 0.3) is 0 Å². The van der Waals surface area contributed by atoms with Crippen molar-refractivity contribution in [3.05, 3.63) is 52.4 Å². The number of hydrogen-bond acceptors (Lipinski definition) is 7. The van der Waals surface area contributed by atoms with Gasteiger partial charge in [0.1, 0.15) is 15.7 Å². The highest BCUT2D eigenvalue weighted by Gasteiger charge is 2.39. The molecule has 1 N–H and O–H groups in total. The van der Waals surface area contributed by atoms with Gasteiger partial charge in [0, 0.05) is 36.7 Å². The van der Waals surface area contributed by atoms with E-state index in [2.05, 4.69) is 24.1 Å². The molecular formula is C25H28N4O3S2. The molecule has 1 saturated heterocycles. The summed E-state index contributed by atoms with van der Waals surface area (Å²) in [6, 6.07) is 13.3. The number of rotatable bonds is 7. The molecule has 4 rings (SSSR count). The molecule has 2 aliphatic rings. The van der Waals surface area contributed by atoms with Gasteiger partial charge in [-0.3, -0.25) is 14.5 Å². The second kappa shape index (κ2) is 10.6. The molecule has 0 atom stereocenters. The number of aliphatic imine (C=N–C) groups is 1. The van der Waals surface area contributed by atoms with Gasteiger partial charge in [0.25, 0.3) is 5.91 Å². The molecule has 2 aromatic carbocycles. The molecule has 178 valence electrons. The van der Waals surface area contributed by atoms with Crippen molar-refractivity contribution in [2.45, 2.75) is 38.5 Å². The predicted octanol–water partition coefficient (Wildman–Crippen LogP) is 5.82. The summed E-state index contributed by atoms with van der Waals surface area (Å²) < 4.78 is 5.41. The average molecular weight is 497 g/mol. The van der Waals surface area contributed by atoms with Crippen molar-refractivity contribution in [1.82, 2.24) is 4.90 Å². The zero-order valence-electron chi connectivity index (χ0n) is 19.8. The van der Waals surface area contributed by atoms with E-state index < -0.39 is 0 Å². The Balaban J connectivity index is 1.68. The number of anilines is 2. The number of unbranched alkanes of at least 4 members (excludes halogenated alkanes) is 1. The molecule has 0 aliphatic carbocycles. The van der Waals surface area contributed by atoms with E-state index in [9.17, 15) is 9.59 Å². The van der Waals surface area contributed by atoms with Gasteiger partial charge in [-0.05, 0) is 61.5 Å². The minimum absolute atomic E-state index is 0.00668. The molecule has 0 spiro atoms. The molecule has 0 unspecified atom stereocenters. The summed E-state index contributed by atoms with van der Waals surface area (Å²) in [6.07, 6.45) is 1.89. The summed E-state index contributed by atoms with van der Waals surface area (Å²) in [5, 5.41) is 4.38. The van der Waals surface area contributed by atoms with Crippen molar-refractivity contribution < 1.29 is 14.3 Å². The highest BCUT2D eigenvalue weighted by molar-refractivity contribution is 8.19. The Morgan fingerprint density at radius 3 is 2.50 bits per heavy atom. The van der Waals surface area contributed by atoms with Crippen LogP contribution in [0, 0.1) is 0 Å². The van der Waals surface area contributed by atoms with Gasteiger partial charge in [0.2, 0.25) is 5.91 Å². The second-order valence-electron chi connectivity index (χ2n) is 7.85. The quantitative estimate of drug-likeness (QED) is 0.487. The van der Waals surface area contributed by atoms with Crippen molar-refractivity contribution in [1.29, 1.82) is 0 Å². The Morgan fingerprint density at radius 1 is 1.09 bits per heavy atom.